The molecule has 2 N–H and O–H groups in total. The van der Waals surface area contributed by atoms with Gasteiger partial charge in [0.2, 0.25) is 5.91 Å². The van der Waals surface area contributed by atoms with E-state index in [0.717, 1.165) is 50.3 Å². The molecule has 1 atom stereocenters. The van der Waals surface area contributed by atoms with Gasteiger partial charge < -0.3 is 15.0 Å². The lowest BCUT2D eigenvalue weighted by molar-refractivity contribution is -0.922. The molecule has 2 aliphatic heterocycles. The van der Waals surface area contributed by atoms with Crippen molar-refractivity contribution in [1.29, 1.82) is 5.26 Å². The van der Waals surface area contributed by atoms with Gasteiger partial charge >= 0.3 is 0 Å². The third-order valence-corrected chi connectivity index (χ3v) is 6.95. The minimum absolute atomic E-state index is 0.000592. The summed E-state index contributed by atoms with van der Waals surface area (Å²) in [5, 5.41) is 23.4. The number of hydrogen-bond acceptors (Lipinski definition) is 6. The van der Waals surface area contributed by atoms with Crippen LogP contribution < -0.4 is 10.6 Å². The minimum Gasteiger partial charge on any atom is -0.613 e. The third-order valence-electron chi connectivity index (χ3n) is 6.10. The quantitative estimate of drug-likeness (QED) is 0.657. The second-order valence-electron chi connectivity index (χ2n) is 8.02. The number of quaternary nitrogens is 1. The van der Waals surface area contributed by atoms with E-state index in [1.54, 1.807) is 11.8 Å². The Morgan fingerprint density at radius 3 is 2.70 bits per heavy atom. The molecular weight excluding hydrogens is 362 g/mol. The van der Waals surface area contributed by atoms with Crippen molar-refractivity contribution in [1.82, 2.24) is 15.2 Å². The molecule has 0 spiro atoms. The number of nitrogens with one attached hydrogen (secondary N) is 2. The molecule has 1 aliphatic carbocycles. The normalized spacial score (nSPS) is 28.0. The lowest BCUT2D eigenvalue weighted by Crippen LogP contribution is -3.18. The van der Waals surface area contributed by atoms with E-state index in [2.05, 4.69) is 18.4 Å². The fourth-order valence-corrected chi connectivity index (χ4v) is 5.10. The van der Waals surface area contributed by atoms with Crippen molar-refractivity contribution in [2.75, 3.05) is 32.1 Å². The first-order chi connectivity index (χ1) is 13.1. The first-order valence-corrected chi connectivity index (χ1v) is 11.2. The van der Waals surface area contributed by atoms with Gasteiger partial charge in [0.25, 0.3) is 0 Å². The van der Waals surface area contributed by atoms with Crippen LogP contribution >= 0.6 is 11.8 Å². The van der Waals surface area contributed by atoms with E-state index in [1.807, 2.05) is 15.2 Å². The monoisotopic (exact) mass is 393 g/mol. The second kappa shape index (κ2) is 9.78. The molecule has 150 valence electrons. The molecule has 2 fully saturated rings. The van der Waals surface area contributed by atoms with Gasteiger partial charge in [-0.3, -0.25) is 9.97 Å². The van der Waals surface area contributed by atoms with E-state index in [-0.39, 0.29) is 17.1 Å². The van der Waals surface area contributed by atoms with Gasteiger partial charge in [0.1, 0.15) is 17.8 Å². The van der Waals surface area contributed by atoms with Gasteiger partial charge in [0.05, 0.1) is 12.4 Å². The zero-order chi connectivity index (χ0) is 19.2. The van der Waals surface area contributed by atoms with Gasteiger partial charge in [-0.25, -0.2) is 0 Å². The Kier molecular flexibility index (Phi) is 7.41. The van der Waals surface area contributed by atoms with Gasteiger partial charge in [-0.1, -0.05) is 6.92 Å². The molecule has 0 aromatic carbocycles. The lowest BCUT2D eigenvalue weighted by atomic mass is 9.82. The maximum absolute atomic E-state index is 12.7. The molecule has 1 saturated heterocycles. The highest BCUT2D eigenvalue weighted by Crippen LogP contribution is 2.30. The topological polar surface area (TPSA) is 86.9 Å². The van der Waals surface area contributed by atoms with Gasteiger partial charge in [0.15, 0.2) is 0 Å². The number of thioether (sulfide) groups is 1. The molecule has 7 nitrogen and oxygen atoms in total. The van der Waals surface area contributed by atoms with E-state index < -0.39 is 0 Å². The molecule has 1 amide bonds. The molecule has 0 bridgehead atoms. The Morgan fingerprint density at radius 2 is 2.04 bits per heavy atom. The summed E-state index contributed by atoms with van der Waals surface area (Å²) in [5.74, 6) is 2.04. The summed E-state index contributed by atoms with van der Waals surface area (Å²) in [6, 6.07) is 2.18. The molecular formula is C19H31N5O2S. The highest BCUT2D eigenvalue weighted by Gasteiger charge is 2.32. The third kappa shape index (κ3) is 5.38. The standard InChI is InChI=1S/C19H31N5O2S/c1-15-2-4-16(5-3-15)19(25)22-9-6-17(7-10-22)24(26)21-8-11-23-14-27-13-18(23)12-20/h13,15-17,21,24H,2-11,14H2,1H3. The molecule has 1 saturated carbocycles. The van der Waals surface area contributed by atoms with E-state index in [9.17, 15) is 10.0 Å². The molecule has 0 aromatic rings. The van der Waals surface area contributed by atoms with Crippen LogP contribution in [0.1, 0.15) is 45.4 Å². The Bertz CT molecular complexity index is 577. The average Bonchev–Trinajstić information content (AvgIpc) is 3.15. The van der Waals surface area contributed by atoms with Crippen molar-refractivity contribution in [2.24, 2.45) is 11.8 Å². The summed E-state index contributed by atoms with van der Waals surface area (Å²) in [5.41, 5.74) is 3.69. The summed E-state index contributed by atoms with van der Waals surface area (Å²) in [6.45, 7) is 4.89. The fourth-order valence-electron chi connectivity index (χ4n) is 4.22. The smallest absolute Gasteiger partial charge is 0.225 e. The number of amides is 1. The Morgan fingerprint density at radius 1 is 1.33 bits per heavy atom. The number of carbonyl (C=O) groups excluding carboxylic acids is 1. The fraction of sp³-hybridized carbons (Fsp3) is 0.789. The first-order valence-electron chi connectivity index (χ1n) is 10.1. The summed E-state index contributed by atoms with van der Waals surface area (Å²) >= 11 is 1.61. The van der Waals surface area contributed by atoms with E-state index >= 15 is 0 Å². The number of rotatable bonds is 6. The number of hydroxylamine groups is 1. The predicted octanol–water partition coefficient (Wildman–Crippen LogP) is 1.06. The summed E-state index contributed by atoms with van der Waals surface area (Å²) in [4.78, 5) is 16.7. The summed E-state index contributed by atoms with van der Waals surface area (Å²) < 4.78 is 0. The number of piperidine rings is 1. The van der Waals surface area contributed by atoms with Gasteiger partial charge in [-0.2, -0.15) is 10.7 Å². The second-order valence-corrected chi connectivity index (χ2v) is 8.85. The summed E-state index contributed by atoms with van der Waals surface area (Å²) in [6.07, 6.45) is 5.87. The minimum atomic E-state index is -0.000592. The van der Waals surface area contributed by atoms with Crippen molar-refractivity contribution in [3.8, 4) is 6.07 Å². The van der Waals surface area contributed by atoms with Crippen LogP contribution in [0.3, 0.4) is 0 Å². The van der Waals surface area contributed by atoms with Gasteiger partial charge in [-0.05, 0) is 31.6 Å². The van der Waals surface area contributed by atoms with Crippen LogP contribution in [-0.2, 0) is 4.79 Å². The zero-order valence-corrected chi connectivity index (χ0v) is 17.0. The lowest BCUT2D eigenvalue weighted by Gasteiger charge is -2.39. The van der Waals surface area contributed by atoms with Crippen LogP contribution in [-0.4, -0.2) is 53.8 Å². The number of likely N-dealkylation sites (tertiary alicyclic amines) is 1. The molecule has 27 heavy (non-hydrogen) atoms. The van der Waals surface area contributed by atoms with Crippen LogP contribution in [0.25, 0.3) is 0 Å². The molecule has 8 heteroatoms. The van der Waals surface area contributed by atoms with Crippen molar-refractivity contribution in [3.63, 3.8) is 0 Å². The molecule has 2 heterocycles. The largest absolute Gasteiger partial charge is 0.613 e. The van der Waals surface area contributed by atoms with Crippen LogP contribution in [0.4, 0.5) is 0 Å². The van der Waals surface area contributed by atoms with Crippen LogP contribution in [0.5, 0.6) is 0 Å². The number of nitrogens with zero attached hydrogens (tertiary/aromatic N) is 3. The highest BCUT2D eigenvalue weighted by atomic mass is 32.2. The Labute approximate surface area is 166 Å². The highest BCUT2D eigenvalue weighted by molar-refractivity contribution is 8.02. The van der Waals surface area contributed by atoms with Crippen LogP contribution in [0.15, 0.2) is 11.1 Å². The molecule has 0 aromatic heterocycles. The van der Waals surface area contributed by atoms with E-state index in [4.69, 9.17) is 5.26 Å². The van der Waals surface area contributed by atoms with Crippen LogP contribution in [0, 0.1) is 28.4 Å². The Hall–Kier alpha value is -1.27. The SMILES string of the molecule is CC1CCC(C(=O)N2CCC([NH+]([O-])NCCN3CSC=C3C#N)CC2)CC1. The Balaban J connectivity index is 1.35. The maximum atomic E-state index is 12.7. The maximum Gasteiger partial charge on any atom is 0.225 e. The first kappa shape index (κ1) is 20.5. The average molecular weight is 394 g/mol. The van der Waals surface area contributed by atoms with E-state index in [1.165, 1.54) is 0 Å². The number of nitriles is 1. The number of carbonyl (C=O) groups is 1. The zero-order valence-electron chi connectivity index (χ0n) is 16.2. The van der Waals surface area contributed by atoms with Gasteiger partial charge in [-0.15, -0.1) is 11.8 Å². The molecule has 3 aliphatic rings. The predicted molar refractivity (Wildman–Crippen MR) is 106 cm³/mol. The molecule has 0 radical (unpaired) electrons. The molecule has 3 rings (SSSR count). The molecule has 1 unspecified atom stereocenters. The van der Waals surface area contributed by atoms with Crippen molar-refractivity contribution >= 4 is 17.7 Å². The van der Waals surface area contributed by atoms with Crippen molar-refractivity contribution < 1.29 is 9.97 Å². The van der Waals surface area contributed by atoms with Gasteiger partial charge in [0, 0.05) is 43.8 Å². The van der Waals surface area contributed by atoms with E-state index in [0.29, 0.717) is 37.8 Å². The van der Waals surface area contributed by atoms with Crippen LogP contribution in [0.2, 0.25) is 0 Å². The number of hydrogen-bond donors (Lipinski definition) is 2. The van der Waals surface area contributed by atoms with Crippen molar-refractivity contribution in [2.45, 2.75) is 51.5 Å². The van der Waals surface area contributed by atoms with Crippen molar-refractivity contribution in [3.05, 3.63) is 16.3 Å². The summed E-state index contributed by atoms with van der Waals surface area (Å²) in [7, 11) is 0. The number of allylic oxidation sites excluding steroid dienone is 1.